The zero-order chi connectivity index (χ0) is 21.8. The van der Waals surface area contributed by atoms with Crippen LogP contribution in [0.4, 0.5) is 0 Å². The van der Waals surface area contributed by atoms with Gasteiger partial charge in [-0.05, 0) is 76.1 Å². The average molecular weight is 427 g/mol. The van der Waals surface area contributed by atoms with Gasteiger partial charge in [0.05, 0.1) is 22.9 Å². The molecule has 1 aromatic heterocycles. The van der Waals surface area contributed by atoms with Crippen LogP contribution in [0, 0.1) is 13.8 Å². The van der Waals surface area contributed by atoms with E-state index in [4.69, 9.17) is 9.47 Å². The Morgan fingerprint density at radius 3 is 2.47 bits per heavy atom. The van der Waals surface area contributed by atoms with Crippen molar-refractivity contribution in [2.45, 2.75) is 47.3 Å². The Morgan fingerprint density at radius 1 is 1.13 bits per heavy atom. The Balaban J connectivity index is 2.04. The summed E-state index contributed by atoms with van der Waals surface area (Å²) < 4.78 is 13.5. The van der Waals surface area contributed by atoms with E-state index >= 15 is 0 Å². The van der Waals surface area contributed by atoms with Crippen LogP contribution in [0.25, 0.3) is 10.2 Å². The van der Waals surface area contributed by atoms with E-state index in [0.29, 0.717) is 22.7 Å². The van der Waals surface area contributed by atoms with E-state index in [1.54, 1.807) is 35.8 Å². The zero-order valence-corrected chi connectivity index (χ0v) is 18.7. The van der Waals surface area contributed by atoms with Crippen LogP contribution in [-0.4, -0.2) is 29.2 Å². The van der Waals surface area contributed by atoms with Crippen molar-refractivity contribution in [3.8, 4) is 5.75 Å². The van der Waals surface area contributed by atoms with E-state index < -0.39 is 0 Å². The van der Waals surface area contributed by atoms with E-state index in [1.165, 1.54) is 11.3 Å². The summed E-state index contributed by atoms with van der Waals surface area (Å²) in [6.45, 7) is 9.97. The third-order valence-electron chi connectivity index (χ3n) is 4.37. The summed E-state index contributed by atoms with van der Waals surface area (Å²) >= 11 is 1.39. The normalized spacial score (nSPS) is 11.9. The number of benzene rings is 2. The van der Waals surface area contributed by atoms with Crippen molar-refractivity contribution in [2.75, 3.05) is 6.61 Å². The van der Waals surface area contributed by atoms with Crippen LogP contribution in [0.3, 0.4) is 0 Å². The lowest BCUT2D eigenvalue weighted by Gasteiger charge is -2.09. The second-order valence-corrected chi connectivity index (χ2v) is 8.32. The highest BCUT2D eigenvalue weighted by Crippen LogP contribution is 2.23. The lowest BCUT2D eigenvalue weighted by molar-refractivity contribution is -0.143. The molecule has 0 bridgehead atoms. The van der Waals surface area contributed by atoms with Crippen molar-refractivity contribution in [1.82, 2.24) is 4.57 Å². The fraction of sp³-hybridized carbons (Fsp3) is 0.348. The number of fused-ring (bicyclic) bond motifs is 1. The molecule has 0 radical (unpaired) electrons. The van der Waals surface area contributed by atoms with Crippen molar-refractivity contribution in [2.24, 2.45) is 4.99 Å². The number of esters is 1. The van der Waals surface area contributed by atoms with E-state index in [-0.39, 0.29) is 24.5 Å². The Hall–Kier alpha value is -2.93. The largest absolute Gasteiger partial charge is 0.491 e. The van der Waals surface area contributed by atoms with Gasteiger partial charge >= 0.3 is 5.97 Å². The Bertz CT molecular complexity index is 1140. The average Bonchev–Trinajstić information content (AvgIpc) is 2.98. The predicted molar refractivity (Wildman–Crippen MR) is 118 cm³/mol. The van der Waals surface area contributed by atoms with Gasteiger partial charge in [-0.25, -0.2) is 0 Å². The van der Waals surface area contributed by atoms with E-state index in [1.807, 2.05) is 33.8 Å². The molecule has 0 aliphatic carbocycles. The molecule has 6 nitrogen and oxygen atoms in total. The highest BCUT2D eigenvalue weighted by Gasteiger charge is 2.15. The van der Waals surface area contributed by atoms with E-state index in [0.717, 1.165) is 21.3 Å². The smallest absolute Gasteiger partial charge is 0.326 e. The number of ether oxygens (including phenoxy) is 2. The maximum Gasteiger partial charge on any atom is 0.326 e. The summed E-state index contributed by atoms with van der Waals surface area (Å²) in [5.74, 6) is -0.0298. The minimum atomic E-state index is -0.371. The van der Waals surface area contributed by atoms with Crippen LogP contribution in [0.1, 0.15) is 42.3 Å². The molecule has 1 amide bonds. The molecule has 3 rings (SSSR count). The van der Waals surface area contributed by atoms with Gasteiger partial charge in [0.1, 0.15) is 12.3 Å². The third-order valence-corrected chi connectivity index (χ3v) is 5.40. The molecule has 30 heavy (non-hydrogen) atoms. The zero-order valence-electron chi connectivity index (χ0n) is 17.9. The molecule has 0 aliphatic heterocycles. The van der Waals surface area contributed by atoms with Crippen molar-refractivity contribution >= 4 is 33.4 Å². The van der Waals surface area contributed by atoms with Gasteiger partial charge in [0.25, 0.3) is 5.91 Å². The van der Waals surface area contributed by atoms with E-state index in [2.05, 4.69) is 11.1 Å². The van der Waals surface area contributed by atoms with Gasteiger partial charge in [-0.1, -0.05) is 17.4 Å². The van der Waals surface area contributed by atoms with Gasteiger partial charge in [0, 0.05) is 5.56 Å². The first-order valence-corrected chi connectivity index (χ1v) is 10.7. The number of aromatic nitrogens is 1. The number of hydrogen-bond donors (Lipinski definition) is 0. The Morgan fingerprint density at radius 2 is 1.83 bits per heavy atom. The van der Waals surface area contributed by atoms with Crippen molar-refractivity contribution in [3.05, 3.63) is 57.9 Å². The van der Waals surface area contributed by atoms with Crippen LogP contribution in [-0.2, 0) is 16.1 Å². The van der Waals surface area contributed by atoms with E-state index in [9.17, 15) is 9.59 Å². The second kappa shape index (κ2) is 9.26. The third kappa shape index (κ3) is 4.97. The monoisotopic (exact) mass is 426 g/mol. The number of rotatable bonds is 6. The highest BCUT2D eigenvalue weighted by molar-refractivity contribution is 7.16. The number of thiazole rings is 1. The molecule has 0 aliphatic rings. The highest BCUT2D eigenvalue weighted by atomic mass is 32.1. The van der Waals surface area contributed by atoms with Gasteiger partial charge in [-0.3, -0.25) is 9.59 Å². The summed E-state index contributed by atoms with van der Waals surface area (Å²) in [5, 5.41) is 0. The SMILES string of the molecule is CCOC(=O)Cn1c(=NC(=O)c2ccc(OC(C)C)cc2)sc2cc(C)cc(C)c21. The fourth-order valence-corrected chi connectivity index (χ4v) is 4.46. The molecular weight excluding hydrogens is 400 g/mol. The van der Waals surface area contributed by atoms with Crippen LogP contribution in [0.2, 0.25) is 0 Å². The Labute approximate surface area is 179 Å². The molecule has 0 saturated heterocycles. The molecule has 0 fully saturated rings. The first kappa shape index (κ1) is 21.8. The number of amides is 1. The van der Waals surface area contributed by atoms with Crippen molar-refractivity contribution in [1.29, 1.82) is 0 Å². The van der Waals surface area contributed by atoms with Crippen molar-refractivity contribution < 1.29 is 19.1 Å². The first-order valence-electron chi connectivity index (χ1n) is 9.90. The van der Waals surface area contributed by atoms with Gasteiger partial charge in [-0.2, -0.15) is 4.99 Å². The number of aryl methyl sites for hydroxylation is 2. The summed E-state index contributed by atoms with van der Waals surface area (Å²) in [6.07, 6.45) is 0.0586. The molecule has 0 saturated carbocycles. The second-order valence-electron chi connectivity index (χ2n) is 7.31. The molecule has 0 spiro atoms. The molecule has 0 atom stereocenters. The maximum atomic E-state index is 12.8. The van der Waals surface area contributed by atoms with Gasteiger partial charge in [-0.15, -0.1) is 0 Å². The summed E-state index contributed by atoms with van der Waals surface area (Å²) in [4.78, 5) is 29.8. The molecular formula is C23H26N2O4S. The van der Waals surface area contributed by atoms with Gasteiger partial charge in [0.15, 0.2) is 4.80 Å². The topological polar surface area (TPSA) is 69.9 Å². The van der Waals surface area contributed by atoms with Crippen molar-refractivity contribution in [3.63, 3.8) is 0 Å². The molecule has 7 heteroatoms. The quantitative estimate of drug-likeness (QED) is 0.548. The van der Waals surface area contributed by atoms with Gasteiger partial charge < -0.3 is 14.0 Å². The maximum absolute atomic E-state index is 12.8. The molecule has 0 unspecified atom stereocenters. The Kier molecular flexibility index (Phi) is 6.72. The molecule has 3 aromatic rings. The standard InChI is InChI=1S/C23H26N2O4S/c1-6-28-20(26)13-25-21-16(5)11-15(4)12-19(21)30-23(25)24-22(27)17-7-9-18(10-8-17)29-14(2)3/h7-12,14H,6,13H2,1-5H3. The number of hydrogen-bond acceptors (Lipinski definition) is 5. The van der Waals surface area contributed by atoms with Crippen LogP contribution < -0.4 is 9.54 Å². The molecule has 158 valence electrons. The number of nitrogens with zero attached hydrogens (tertiary/aromatic N) is 2. The summed E-state index contributed by atoms with van der Waals surface area (Å²) in [7, 11) is 0. The lowest BCUT2D eigenvalue weighted by atomic mass is 10.1. The molecule has 1 heterocycles. The van der Waals surface area contributed by atoms with Crippen LogP contribution in [0.15, 0.2) is 41.4 Å². The predicted octanol–water partition coefficient (Wildman–Crippen LogP) is 4.41. The molecule has 2 aromatic carbocycles. The summed E-state index contributed by atoms with van der Waals surface area (Å²) in [5.41, 5.74) is 3.49. The molecule has 0 N–H and O–H groups in total. The minimum absolute atomic E-state index is 0.00498. The lowest BCUT2D eigenvalue weighted by Crippen LogP contribution is -2.23. The minimum Gasteiger partial charge on any atom is -0.491 e. The fourth-order valence-electron chi connectivity index (χ4n) is 3.26. The van der Waals surface area contributed by atoms with Crippen LogP contribution >= 0.6 is 11.3 Å². The summed E-state index contributed by atoms with van der Waals surface area (Å²) in [6, 6.07) is 11.0. The number of carbonyl (C=O) groups is 2. The van der Waals surface area contributed by atoms with Gasteiger partial charge in [0.2, 0.25) is 0 Å². The van der Waals surface area contributed by atoms with Crippen LogP contribution in [0.5, 0.6) is 5.75 Å². The number of carbonyl (C=O) groups excluding carboxylic acids is 2. The first-order chi connectivity index (χ1) is 14.3.